The van der Waals surface area contributed by atoms with Gasteiger partial charge >= 0.3 is 6.03 Å². The zero-order valence-electron chi connectivity index (χ0n) is 11.4. The largest absolute Gasteiger partial charge is 0.824 e. The first-order chi connectivity index (χ1) is 10.1. The molecule has 1 aliphatic heterocycles. The first kappa shape index (κ1) is 13.1. The number of nitrogens with zero attached hydrogens (tertiary/aromatic N) is 3. The molecule has 2 aromatic rings. The van der Waals surface area contributed by atoms with Crippen LogP contribution in [0.1, 0.15) is 11.1 Å². The maximum Gasteiger partial charge on any atom is 0.529 e. The van der Waals surface area contributed by atoms with Crippen LogP contribution < -0.4 is 10.0 Å². The number of hydrogen-bond acceptors (Lipinski definition) is 3. The normalized spacial score (nSPS) is 16.4. The number of benzene rings is 2. The van der Waals surface area contributed by atoms with Gasteiger partial charge in [-0.1, -0.05) is 47.1 Å². The molecule has 0 fully saturated rings. The van der Waals surface area contributed by atoms with Crippen molar-refractivity contribution >= 4 is 24.0 Å². The Morgan fingerprint density at radius 2 is 1.90 bits per heavy atom. The minimum absolute atomic E-state index is 0.477. The molecule has 0 unspecified atom stereocenters. The number of aryl methyl sites for hydroxylation is 1. The van der Waals surface area contributed by atoms with Gasteiger partial charge in [-0.25, -0.2) is 0 Å². The first-order valence-corrected chi connectivity index (χ1v) is 6.51. The Kier molecular flexibility index (Phi) is 3.23. The van der Waals surface area contributed by atoms with Crippen LogP contribution in [0.5, 0.6) is 0 Å². The van der Waals surface area contributed by atoms with Gasteiger partial charge in [0.1, 0.15) is 11.9 Å². The van der Waals surface area contributed by atoms with E-state index in [9.17, 15) is 9.90 Å². The van der Waals surface area contributed by atoms with Crippen molar-refractivity contribution in [3.63, 3.8) is 0 Å². The van der Waals surface area contributed by atoms with Crippen molar-refractivity contribution in [3.05, 3.63) is 65.7 Å². The molecule has 0 atom stereocenters. The minimum Gasteiger partial charge on any atom is -0.824 e. The molecule has 0 bridgehead atoms. The van der Waals surface area contributed by atoms with E-state index in [0.717, 1.165) is 20.7 Å². The number of amides is 2. The van der Waals surface area contributed by atoms with E-state index >= 15 is 0 Å². The van der Waals surface area contributed by atoms with Gasteiger partial charge in [-0.2, -0.15) is 4.79 Å². The number of urea groups is 1. The lowest BCUT2D eigenvalue weighted by Crippen LogP contribution is -2.40. The lowest BCUT2D eigenvalue weighted by Gasteiger charge is -2.11. The van der Waals surface area contributed by atoms with E-state index in [0.29, 0.717) is 5.69 Å². The molecule has 21 heavy (non-hydrogen) atoms. The molecule has 5 nitrogen and oxygen atoms in total. The van der Waals surface area contributed by atoms with Crippen molar-refractivity contribution < 1.29 is 14.6 Å². The highest BCUT2D eigenvalue weighted by Crippen LogP contribution is 2.19. The second kappa shape index (κ2) is 5.20. The first-order valence-electron chi connectivity index (χ1n) is 6.51. The second-order valence-corrected chi connectivity index (χ2v) is 4.72. The molecule has 0 saturated heterocycles. The monoisotopic (exact) mass is 279 g/mol. The van der Waals surface area contributed by atoms with Gasteiger partial charge < -0.3 is 5.11 Å². The third-order valence-electron chi connectivity index (χ3n) is 3.10. The number of anilines is 1. The Morgan fingerprint density at radius 1 is 1.14 bits per heavy atom. The molecule has 5 heteroatoms. The molecule has 0 aromatic heterocycles. The molecule has 0 aliphatic carbocycles. The summed E-state index contributed by atoms with van der Waals surface area (Å²) in [5, 5.41) is 15.7. The Morgan fingerprint density at radius 3 is 2.62 bits per heavy atom. The maximum absolute atomic E-state index is 12.3. The minimum atomic E-state index is -0.585. The van der Waals surface area contributed by atoms with Gasteiger partial charge in [0, 0.05) is 5.56 Å². The highest BCUT2D eigenvalue weighted by Gasteiger charge is 2.36. The van der Waals surface area contributed by atoms with Gasteiger partial charge in [0.2, 0.25) is 6.02 Å². The summed E-state index contributed by atoms with van der Waals surface area (Å²) < 4.78 is 1.07. The van der Waals surface area contributed by atoms with Crippen LogP contribution in [-0.4, -0.2) is 23.0 Å². The van der Waals surface area contributed by atoms with Gasteiger partial charge in [-0.3, -0.25) is 0 Å². The fourth-order valence-corrected chi connectivity index (χ4v) is 2.12. The van der Waals surface area contributed by atoms with E-state index in [1.165, 1.54) is 6.21 Å². The van der Waals surface area contributed by atoms with E-state index in [2.05, 4.69) is 5.10 Å². The van der Waals surface area contributed by atoms with Gasteiger partial charge in [-0.05, 0) is 29.7 Å². The molecule has 0 radical (unpaired) electrons. The van der Waals surface area contributed by atoms with Gasteiger partial charge in [0.05, 0.1) is 0 Å². The molecular weight excluding hydrogens is 266 g/mol. The average Bonchev–Trinajstić information content (AvgIpc) is 2.74. The number of hydrazone groups is 1. The lowest BCUT2D eigenvalue weighted by molar-refractivity contribution is -0.422. The Bertz CT molecular complexity index is 751. The van der Waals surface area contributed by atoms with Crippen LogP contribution in [0.3, 0.4) is 0 Å². The molecule has 2 aromatic carbocycles. The van der Waals surface area contributed by atoms with Crippen LogP contribution in [0.15, 0.2) is 59.7 Å². The maximum atomic E-state index is 12.3. The molecule has 2 amide bonds. The fourth-order valence-electron chi connectivity index (χ4n) is 2.12. The smallest absolute Gasteiger partial charge is 0.529 e. The van der Waals surface area contributed by atoms with E-state index < -0.39 is 12.1 Å². The summed E-state index contributed by atoms with van der Waals surface area (Å²) in [7, 11) is 0. The van der Waals surface area contributed by atoms with Crippen LogP contribution in [0.25, 0.3) is 0 Å². The summed E-state index contributed by atoms with van der Waals surface area (Å²) in [5.74, 6) is 0. The van der Waals surface area contributed by atoms with Crippen LogP contribution in [0.2, 0.25) is 0 Å². The Hall–Kier alpha value is -2.95. The van der Waals surface area contributed by atoms with E-state index in [1.807, 2.05) is 43.3 Å². The van der Waals surface area contributed by atoms with Crippen molar-refractivity contribution in [2.45, 2.75) is 6.92 Å². The van der Waals surface area contributed by atoms with Crippen molar-refractivity contribution in [1.82, 2.24) is 0 Å². The number of amidine groups is 1. The summed E-state index contributed by atoms with van der Waals surface area (Å²) in [6.45, 7) is 1.90. The highest BCUT2D eigenvalue weighted by atomic mass is 16.3. The average molecular weight is 279 g/mol. The SMILES string of the molecule is Cc1cccc(N2C(=O)/[N+](=C/c3ccccc3)N=C2[O-])c1. The summed E-state index contributed by atoms with van der Waals surface area (Å²) in [5.41, 5.74) is 2.30. The standard InChI is InChI=1S/C16H13N3O2/c1-12-6-5-9-14(10-12)19-15(20)17-18(16(19)21)11-13-7-3-2-4-8-13/h2-11H,1H3/b18-11-. The molecule has 0 spiro atoms. The van der Waals surface area contributed by atoms with Gasteiger partial charge in [-0.15, -0.1) is 4.90 Å². The third-order valence-corrected chi connectivity index (χ3v) is 3.10. The number of rotatable bonds is 2. The van der Waals surface area contributed by atoms with E-state index in [1.54, 1.807) is 18.2 Å². The summed E-state index contributed by atoms with van der Waals surface area (Å²) >= 11 is 0. The Labute approximate surface area is 122 Å². The molecule has 0 N–H and O–H groups in total. The molecule has 3 rings (SSSR count). The van der Waals surface area contributed by atoms with Crippen LogP contribution in [-0.2, 0) is 0 Å². The Balaban J connectivity index is 1.96. The molecule has 1 aliphatic rings. The number of hydrogen-bond donors (Lipinski definition) is 0. The topological polar surface area (TPSA) is 58.7 Å². The number of carbonyl (C=O) groups excluding carboxylic acids is 1. The molecular formula is C16H13N3O2. The molecule has 1 heterocycles. The lowest BCUT2D eigenvalue weighted by atomic mass is 10.2. The predicted octanol–water partition coefficient (Wildman–Crippen LogP) is 1.70. The summed E-state index contributed by atoms with van der Waals surface area (Å²) in [6, 6.07) is 15.4. The third kappa shape index (κ3) is 2.53. The van der Waals surface area contributed by atoms with Crippen LogP contribution in [0, 0.1) is 6.92 Å². The van der Waals surface area contributed by atoms with Crippen molar-refractivity contribution in [3.8, 4) is 0 Å². The van der Waals surface area contributed by atoms with Crippen molar-refractivity contribution in [1.29, 1.82) is 0 Å². The van der Waals surface area contributed by atoms with E-state index in [-0.39, 0.29) is 0 Å². The zero-order chi connectivity index (χ0) is 14.8. The summed E-state index contributed by atoms with van der Waals surface area (Å²) in [4.78, 5) is 13.4. The molecule has 104 valence electrons. The second-order valence-electron chi connectivity index (χ2n) is 4.72. The van der Waals surface area contributed by atoms with Crippen molar-refractivity contribution in [2.24, 2.45) is 5.10 Å². The molecule has 0 saturated carbocycles. The summed E-state index contributed by atoms with van der Waals surface area (Å²) in [6.07, 6.45) is 1.54. The van der Waals surface area contributed by atoms with Gasteiger partial charge in [0.25, 0.3) is 0 Å². The fraction of sp³-hybridized carbons (Fsp3) is 0.0625. The number of carbonyl (C=O) groups is 1. The van der Waals surface area contributed by atoms with Crippen molar-refractivity contribution in [2.75, 3.05) is 4.90 Å². The zero-order valence-corrected chi connectivity index (χ0v) is 11.4. The van der Waals surface area contributed by atoms with E-state index in [4.69, 9.17) is 0 Å². The predicted molar refractivity (Wildman–Crippen MR) is 78.4 cm³/mol. The quantitative estimate of drug-likeness (QED) is 0.786. The van der Waals surface area contributed by atoms with Gasteiger partial charge in [0.15, 0.2) is 0 Å². The van der Waals surface area contributed by atoms with Crippen LogP contribution >= 0.6 is 0 Å². The highest BCUT2D eigenvalue weighted by molar-refractivity contribution is 6.12. The van der Waals surface area contributed by atoms with Crippen LogP contribution in [0.4, 0.5) is 10.5 Å².